The Morgan fingerprint density at radius 3 is 2.38 bits per heavy atom. The minimum Gasteiger partial charge on any atom is -0.376 e. The van der Waals surface area contributed by atoms with E-state index in [1.54, 1.807) is 0 Å². The number of likely N-dealkylation sites (N-methyl/N-ethyl adjacent to an activating group) is 1. The van der Waals surface area contributed by atoms with E-state index in [0.717, 1.165) is 19.1 Å². The minimum atomic E-state index is 0.421. The fraction of sp³-hybridized carbons (Fsp3) is 1.00. The summed E-state index contributed by atoms with van der Waals surface area (Å²) in [5, 5.41) is 0. The molecule has 0 saturated heterocycles. The van der Waals surface area contributed by atoms with Gasteiger partial charge in [0.15, 0.2) is 0 Å². The normalized spacial score (nSPS) is 40.9. The number of hydrogen-bond donors (Lipinski definition) is 0. The summed E-state index contributed by atoms with van der Waals surface area (Å²) < 4.78 is 6.14. The third kappa shape index (κ3) is 1.70. The first kappa shape index (κ1) is 12.4. The Labute approximate surface area is 100 Å². The van der Waals surface area contributed by atoms with Crippen molar-refractivity contribution in [2.24, 2.45) is 16.7 Å². The first-order valence-corrected chi connectivity index (χ1v) is 6.64. The SMILES string of the molecule is CN(C)CCO[C@@H]1C[C@@H]2CC[C@]1(C)C2(C)C. The lowest BCUT2D eigenvalue weighted by atomic mass is 9.70. The molecule has 94 valence electrons. The van der Waals surface area contributed by atoms with E-state index < -0.39 is 0 Å². The molecule has 2 bridgehead atoms. The molecule has 2 aliphatic carbocycles. The van der Waals surface area contributed by atoms with Crippen LogP contribution in [0.5, 0.6) is 0 Å². The summed E-state index contributed by atoms with van der Waals surface area (Å²) in [5.41, 5.74) is 0.903. The lowest BCUT2D eigenvalue weighted by Gasteiger charge is -2.39. The average Bonchev–Trinajstić information content (AvgIpc) is 2.49. The topological polar surface area (TPSA) is 12.5 Å². The van der Waals surface area contributed by atoms with Crippen LogP contribution in [0.2, 0.25) is 0 Å². The van der Waals surface area contributed by atoms with E-state index in [9.17, 15) is 0 Å². The molecular weight excluding hydrogens is 198 g/mol. The molecule has 16 heavy (non-hydrogen) atoms. The Morgan fingerprint density at radius 1 is 1.25 bits per heavy atom. The van der Waals surface area contributed by atoms with E-state index in [1.807, 2.05) is 0 Å². The monoisotopic (exact) mass is 225 g/mol. The highest BCUT2D eigenvalue weighted by Gasteiger charge is 2.61. The maximum absolute atomic E-state index is 6.14. The summed E-state index contributed by atoms with van der Waals surface area (Å²) in [7, 11) is 4.21. The zero-order valence-electron chi connectivity index (χ0n) is 11.5. The third-order valence-electron chi connectivity index (χ3n) is 5.57. The summed E-state index contributed by atoms with van der Waals surface area (Å²) in [6.07, 6.45) is 4.56. The van der Waals surface area contributed by atoms with Crippen LogP contribution in [0.4, 0.5) is 0 Å². The molecule has 3 atom stereocenters. The molecule has 0 unspecified atom stereocenters. The van der Waals surface area contributed by atoms with E-state index >= 15 is 0 Å². The second-order valence-corrected chi connectivity index (χ2v) is 6.77. The van der Waals surface area contributed by atoms with Crippen molar-refractivity contribution in [2.75, 3.05) is 27.2 Å². The predicted molar refractivity (Wildman–Crippen MR) is 67.5 cm³/mol. The molecule has 2 rings (SSSR count). The zero-order chi connectivity index (χ0) is 12.0. The van der Waals surface area contributed by atoms with Gasteiger partial charge in [-0.2, -0.15) is 0 Å². The van der Waals surface area contributed by atoms with Crippen molar-refractivity contribution in [1.29, 1.82) is 0 Å². The second-order valence-electron chi connectivity index (χ2n) is 6.77. The van der Waals surface area contributed by atoms with Gasteiger partial charge in [0, 0.05) is 6.54 Å². The van der Waals surface area contributed by atoms with Crippen LogP contribution < -0.4 is 0 Å². The number of rotatable bonds is 4. The lowest BCUT2D eigenvalue weighted by molar-refractivity contribution is -0.0495. The van der Waals surface area contributed by atoms with Gasteiger partial charge in [0.25, 0.3) is 0 Å². The average molecular weight is 225 g/mol. The van der Waals surface area contributed by atoms with Gasteiger partial charge < -0.3 is 9.64 Å². The molecule has 0 aliphatic heterocycles. The molecule has 0 amide bonds. The summed E-state index contributed by atoms with van der Waals surface area (Å²) in [5.74, 6) is 0.891. The van der Waals surface area contributed by atoms with Crippen LogP contribution >= 0.6 is 0 Å². The van der Waals surface area contributed by atoms with Crippen LogP contribution in [0.15, 0.2) is 0 Å². The van der Waals surface area contributed by atoms with Crippen LogP contribution in [-0.2, 0) is 4.74 Å². The van der Waals surface area contributed by atoms with E-state index in [0.29, 0.717) is 16.9 Å². The van der Waals surface area contributed by atoms with Crippen molar-refractivity contribution in [3.05, 3.63) is 0 Å². The summed E-state index contributed by atoms with van der Waals surface area (Å²) >= 11 is 0. The van der Waals surface area contributed by atoms with Crippen molar-refractivity contribution in [2.45, 2.75) is 46.1 Å². The first-order chi connectivity index (χ1) is 7.38. The highest BCUT2D eigenvalue weighted by Crippen LogP contribution is 2.66. The largest absolute Gasteiger partial charge is 0.376 e. The number of nitrogens with zero attached hydrogens (tertiary/aromatic N) is 1. The Kier molecular flexibility index (Phi) is 3.09. The van der Waals surface area contributed by atoms with Crippen molar-refractivity contribution in [3.8, 4) is 0 Å². The van der Waals surface area contributed by atoms with Crippen molar-refractivity contribution in [3.63, 3.8) is 0 Å². The van der Waals surface area contributed by atoms with Crippen LogP contribution in [0, 0.1) is 16.7 Å². The van der Waals surface area contributed by atoms with Gasteiger partial charge in [-0.25, -0.2) is 0 Å². The van der Waals surface area contributed by atoms with Gasteiger partial charge in [-0.05, 0) is 50.1 Å². The highest BCUT2D eigenvalue weighted by atomic mass is 16.5. The van der Waals surface area contributed by atoms with Crippen LogP contribution in [-0.4, -0.2) is 38.3 Å². The highest BCUT2D eigenvalue weighted by molar-refractivity contribution is 5.11. The van der Waals surface area contributed by atoms with Crippen LogP contribution in [0.1, 0.15) is 40.0 Å². The summed E-state index contributed by atoms with van der Waals surface area (Å²) in [4.78, 5) is 2.20. The van der Waals surface area contributed by atoms with Gasteiger partial charge in [0.05, 0.1) is 12.7 Å². The molecule has 0 heterocycles. The summed E-state index contributed by atoms with van der Waals surface area (Å²) in [6, 6.07) is 0. The smallest absolute Gasteiger partial charge is 0.0637 e. The molecule has 0 radical (unpaired) electrons. The molecular formula is C14H27NO. The quantitative estimate of drug-likeness (QED) is 0.729. The molecule has 2 heteroatoms. The Hall–Kier alpha value is -0.0800. The molecule has 2 fully saturated rings. The first-order valence-electron chi connectivity index (χ1n) is 6.64. The Morgan fingerprint density at radius 2 is 1.94 bits per heavy atom. The molecule has 2 aliphatic rings. The van der Waals surface area contributed by atoms with Gasteiger partial charge in [-0.1, -0.05) is 20.8 Å². The van der Waals surface area contributed by atoms with Crippen LogP contribution in [0.3, 0.4) is 0 Å². The molecule has 2 saturated carbocycles. The van der Waals surface area contributed by atoms with Gasteiger partial charge in [-0.15, -0.1) is 0 Å². The predicted octanol–water partition coefficient (Wildman–Crippen LogP) is 2.78. The minimum absolute atomic E-state index is 0.421. The van der Waals surface area contributed by atoms with Crippen molar-refractivity contribution >= 4 is 0 Å². The van der Waals surface area contributed by atoms with Crippen LogP contribution in [0.25, 0.3) is 0 Å². The maximum atomic E-state index is 6.14. The van der Waals surface area contributed by atoms with Gasteiger partial charge in [-0.3, -0.25) is 0 Å². The molecule has 0 aromatic carbocycles. The molecule has 0 aromatic rings. The lowest BCUT2D eigenvalue weighted by Crippen LogP contribution is -2.38. The van der Waals surface area contributed by atoms with E-state index in [-0.39, 0.29) is 0 Å². The molecule has 0 aromatic heterocycles. The third-order valence-corrected chi connectivity index (χ3v) is 5.57. The number of ether oxygens (including phenoxy) is 1. The second kappa shape index (κ2) is 3.99. The van der Waals surface area contributed by atoms with E-state index in [2.05, 4.69) is 39.8 Å². The maximum Gasteiger partial charge on any atom is 0.0637 e. The standard InChI is InChI=1S/C14H27NO/c1-13(2)11-6-7-14(13,3)12(10-11)16-9-8-15(4)5/h11-12H,6-10H2,1-5H3/t11-,12+,14-/m0/s1. The fourth-order valence-electron chi connectivity index (χ4n) is 3.76. The number of fused-ring (bicyclic) bond motifs is 2. The molecule has 2 nitrogen and oxygen atoms in total. The number of hydrogen-bond acceptors (Lipinski definition) is 2. The summed E-state index contributed by atoms with van der Waals surface area (Å²) in [6.45, 7) is 9.26. The van der Waals surface area contributed by atoms with Crippen molar-refractivity contribution in [1.82, 2.24) is 4.90 Å². The van der Waals surface area contributed by atoms with Gasteiger partial charge in [0.1, 0.15) is 0 Å². The van der Waals surface area contributed by atoms with E-state index in [1.165, 1.54) is 19.3 Å². The fourth-order valence-corrected chi connectivity index (χ4v) is 3.76. The van der Waals surface area contributed by atoms with Crippen molar-refractivity contribution < 1.29 is 4.74 Å². The van der Waals surface area contributed by atoms with Gasteiger partial charge >= 0.3 is 0 Å². The molecule has 0 N–H and O–H groups in total. The zero-order valence-corrected chi connectivity index (χ0v) is 11.5. The Bertz CT molecular complexity index is 261. The Balaban J connectivity index is 1.94. The van der Waals surface area contributed by atoms with E-state index in [4.69, 9.17) is 4.74 Å². The van der Waals surface area contributed by atoms with Gasteiger partial charge in [0.2, 0.25) is 0 Å². The molecule has 0 spiro atoms.